The molecule has 32 heavy (non-hydrogen) atoms. The smallest absolute Gasteiger partial charge is 0.406 e. The van der Waals surface area contributed by atoms with E-state index in [1.54, 1.807) is 24.3 Å². The fraction of sp³-hybridized carbons (Fsp3) is 0.136. The molecule has 0 saturated heterocycles. The van der Waals surface area contributed by atoms with Crippen molar-refractivity contribution >= 4 is 17.4 Å². The molecule has 0 spiro atoms. The topological polar surface area (TPSA) is 28.1 Å². The number of benzene rings is 3. The molecule has 1 atom stereocenters. The van der Waals surface area contributed by atoms with Gasteiger partial charge in [0.25, 0.3) is 0 Å². The van der Waals surface area contributed by atoms with Gasteiger partial charge in [0.05, 0.1) is 10.6 Å². The minimum atomic E-state index is -4.78. The first-order valence-electron chi connectivity index (χ1n) is 9.31. The van der Waals surface area contributed by atoms with Crippen molar-refractivity contribution in [3.05, 3.63) is 88.7 Å². The van der Waals surface area contributed by atoms with E-state index >= 15 is 4.48 Å². The van der Waals surface area contributed by atoms with Crippen LogP contribution in [0.4, 0.5) is 22.0 Å². The van der Waals surface area contributed by atoms with Crippen molar-refractivity contribution in [2.24, 2.45) is 5.10 Å². The minimum absolute atomic E-state index is 0.0235. The molecule has 0 saturated carbocycles. The van der Waals surface area contributed by atoms with E-state index in [9.17, 15) is 17.6 Å². The Hall–Kier alpha value is -3.33. The van der Waals surface area contributed by atoms with Gasteiger partial charge in [0.2, 0.25) is 0 Å². The van der Waals surface area contributed by atoms with Gasteiger partial charge in [-0.25, -0.2) is 4.39 Å². The zero-order valence-electron chi connectivity index (χ0n) is 16.4. The van der Waals surface area contributed by atoms with E-state index in [2.05, 4.69) is 9.84 Å². The zero-order valence-corrected chi connectivity index (χ0v) is 17.2. The van der Waals surface area contributed by atoms with E-state index in [1.807, 2.05) is 0 Å². The summed E-state index contributed by atoms with van der Waals surface area (Å²) in [4.78, 5) is 0. The van der Waals surface area contributed by atoms with E-state index in [-0.39, 0.29) is 22.2 Å². The summed E-state index contributed by atoms with van der Waals surface area (Å²) >= 11 is 6.06. The van der Waals surface area contributed by atoms with Crippen molar-refractivity contribution in [3.8, 4) is 16.9 Å². The third kappa shape index (κ3) is 4.34. The summed E-state index contributed by atoms with van der Waals surface area (Å²) in [5, 5.41) is 5.80. The lowest BCUT2D eigenvalue weighted by atomic mass is 10.0. The van der Waals surface area contributed by atoms with Crippen molar-refractivity contribution < 1.29 is 26.8 Å². The molecule has 166 valence electrons. The van der Waals surface area contributed by atoms with Crippen LogP contribution in [-0.2, 0) is 0 Å². The Morgan fingerprint density at radius 3 is 2.31 bits per heavy atom. The molecule has 0 radical (unpaired) electrons. The third-order valence-electron chi connectivity index (χ3n) is 4.82. The molecule has 3 aromatic carbocycles. The normalized spacial score (nSPS) is 16.3. The maximum Gasteiger partial charge on any atom is 0.573 e. The Morgan fingerprint density at radius 2 is 1.66 bits per heavy atom. The van der Waals surface area contributed by atoms with Crippen molar-refractivity contribution in [1.82, 2.24) is 10.1 Å². The summed E-state index contributed by atoms with van der Waals surface area (Å²) < 4.78 is 70.5. The second-order valence-corrected chi connectivity index (χ2v) is 7.38. The van der Waals surface area contributed by atoms with Crippen LogP contribution in [-0.4, -0.2) is 29.4 Å². The van der Waals surface area contributed by atoms with Crippen LogP contribution in [0, 0.1) is 5.82 Å². The molecule has 0 amide bonds. The zero-order chi connectivity index (χ0) is 23.0. The molecule has 1 unspecified atom stereocenters. The molecule has 1 aliphatic rings. The highest BCUT2D eigenvalue weighted by atomic mass is 35.5. The number of hydrogen-bond donors (Lipinski definition) is 0. The molecule has 0 aliphatic carbocycles. The summed E-state index contributed by atoms with van der Waals surface area (Å²) in [7, 11) is 1.54. The molecule has 0 N–H and O–H groups in total. The van der Waals surface area contributed by atoms with Gasteiger partial charge >= 0.3 is 6.36 Å². The number of amidine groups is 1. The highest BCUT2D eigenvalue weighted by molar-refractivity contribution is 6.34. The minimum Gasteiger partial charge on any atom is -0.406 e. The van der Waals surface area contributed by atoms with Crippen LogP contribution < -0.4 is 4.74 Å². The Labute approximate surface area is 185 Å². The Balaban J connectivity index is 1.61. The van der Waals surface area contributed by atoms with Crippen LogP contribution in [0.1, 0.15) is 17.3 Å². The molecule has 0 aromatic heterocycles. The van der Waals surface area contributed by atoms with Crippen molar-refractivity contribution in [1.29, 1.82) is 0 Å². The third-order valence-corrected chi connectivity index (χ3v) is 5.13. The molecule has 1 heterocycles. The number of halogens is 6. The molecule has 1 aliphatic heterocycles. The maximum absolute atomic E-state index is 15.3. The predicted octanol–water partition coefficient (Wildman–Crippen LogP) is 6.54. The van der Waals surface area contributed by atoms with Crippen LogP contribution >= 0.6 is 11.6 Å². The Bertz CT molecular complexity index is 1150. The van der Waals surface area contributed by atoms with E-state index in [1.165, 1.54) is 48.5 Å². The number of nitrogens with zero attached hydrogens (tertiary/aromatic N) is 3. The molecular formula is C22H15ClF5N3O. The van der Waals surface area contributed by atoms with Gasteiger partial charge in [0, 0.05) is 7.05 Å². The first-order chi connectivity index (χ1) is 15.1. The van der Waals surface area contributed by atoms with Gasteiger partial charge < -0.3 is 4.74 Å². The molecule has 10 heteroatoms. The summed E-state index contributed by atoms with van der Waals surface area (Å²) in [5.74, 6) is -1.31. The van der Waals surface area contributed by atoms with E-state index in [0.717, 1.165) is 6.07 Å². The lowest BCUT2D eigenvalue weighted by Gasteiger charge is -2.23. The summed E-state index contributed by atoms with van der Waals surface area (Å²) in [5.41, 5.74) is 1.59. The average molecular weight is 468 g/mol. The van der Waals surface area contributed by atoms with Crippen LogP contribution in [0.15, 0.2) is 71.8 Å². The lowest BCUT2D eigenvalue weighted by Crippen LogP contribution is -2.28. The molecule has 0 bridgehead atoms. The highest BCUT2D eigenvalue weighted by Crippen LogP contribution is 2.36. The van der Waals surface area contributed by atoms with Crippen LogP contribution in [0.25, 0.3) is 11.1 Å². The van der Waals surface area contributed by atoms with Crippen molar-refractivity contribution in [3.63, 3.8) is 0 Å². The number of rotatable bonds is 4. The van der Waals surface area contributed by atoms with Gasteiger partial charge in [0.1, 0.15) is 11.6 Å². The monoisotopic (exact) mass is 467 g/mol. The van der Waals surface area contributed by atoms with Gasteiger partial charge in [0.15, 0.2) is 12.0 Å². The second kappa shape index (κ2) is 8.31. The Morgan fingerprint density at radius 1 is 0.969 bits per heavy atom. The average Bonchev–Trinajstić information content (AvgIpc) is 3.01. The van der Waals surface area contributed by atoms with Gasteiger partial charge in [-0.15, -0.1) is 13.2 Å². The summed E-state index contributed by atoms with van der Waals surface area (Å²) in [6, 6.07) is 16.1. The lowest BCUT2D eigenvalue weighted by molar-refractivity contribution is -0.274. The van der Waals surface area contributed by atoms with Gasteiger partial charge in [-0.2, -0.15) is 10.2 Å². The van der Waals surface area contributed by atoms with Crippen LogP contribution in [0.2, 0.25) is 5.02 Å². The van der Waals surface area contributed by atoms with E-state index in [0.29, 0.717) is 21.8 Å². The molecule has 4 rings (SSSR count). The van der Waals surface area contributed by atoms with Gasteiger partial charge in [-0.05, 0) is 47.0 Å². The number of hydrogen-bond acceptors (Lipinski definition) is 4. The van der Waals surface area contributed by atoms with E-state index < -0.39 is 18.3 Å². The quantitative estimate of drug-likeness (QED) is 0.322. The van der Waals surface area contributed by atoms with Crippen molar-refractivity contribution in [2.75, 3.05) is 7.05 Å². The van der Waals surface area contributed by atoms with Gasteiger partial charge in [-0.1, -0.05) is 52.5 Å². The largest absolute Gasteiger partial charge is 0.573 e. The SMILES string of the molecule is CN1N=C(c2c(F)cccc2Cl)N(F)C1c1cccc(-c2ccc(OC(F)(F)F)cc2)c1. The van der Waals surface area contributed by atoms with Crippen molar-refractivity contribution in [2.45, 2.75) is 12.5 Å². The maximum atomic E-state index is 15.3. The first kappa shape index (κ1) is 21.9. The molecule has 0 fully saturated rings. The van der Waals surface area contributed by atoms with Crippen LogP contribution in [0.5, 0.6) is 5.75 Å². The number of alkyl halides is 3. The first-order valence-corrected chi connectivity index (χ1v) is 9.69. The predicted molar refractivity (Wildman–Crippen MR) is 110 cm³/mol. The molecule has 3 aromatic rings. The second-order valence-electron chi connectivity index (χ2n) is 6.98. The van der Waals surface area contributed by atoms with E-state index in [4.69, 9.17) is 11.6 Å². The molecular weight excluding hydrogens is 453 g/mol. The summed E-state index contributed by atoms with van der Waals surface area (Å²) in [6.45, 7) is 0. The fourth-order valence-corrected chi connectivity index (χ4v) is 3.70. The number of hydrazone groups is 1. The van der Waals surface area contributed by atoms with Crippen LogP contribution in [0.3, 0.4) is 0 Å². The standard InChI is InChI=1S/C22H15ClF5N3O/c1-30-21(31(28)20(29-30)19-17(23)6-3-7-18(19)24)15-5-2-4-14(12-15)13-8-10-16(11-9-13)32-22(25,26)27/h2-12,21H,1H3. The molecule has 4 nitrogen and oxygen atoms in total. The summed E-state index contributed by atoms with van der Waals surface area (Å²) in [6.07, 6.45) is -5.77. The Kier molecular flexibility index (Phi) is 5.68. The van der Waals surface area contributed by atoms with Gasteiger partial charge in [-0.3, -0.25) is 5.01 Å². The fourth-order valence-electron chi connectivity index (χ4n) is 3.45. The highest BCUT2D eigenvalue weighted by Gasteiger charge is 2.37. The number of ether oxygens (including phenoxy) is 1.